The van der Waals surface area contributed by atoms with Gasteiger partial charge in [0.25, 0.3) is 0 Å². The third-order valence-corrected chi connectivity index (χ3v) is 5.03. The molecule has 0 radical (unpaired) electrons. The predicted molar refractivity (Wildman–Crippen MR) is 87.1 cm³/mol. The smallest absolute Gasteiger partial charge is 0.0372 e. The largest absolute Gasteiger partial charge is 0.370 e. The van der Waals surface area contributed by atoms with Crippen LogP contribution in [0.25, 0.3) is 0 Å². The molecule has 0 saturated carbocycles. The number of piperidine rings is 1. The van der Waals surface area contributed by atoms with E-state index < -0.39 is 0 Å². The summed E-state index contributed by atoms with van der Waals surface area (Å²) in [6, 6.07) is 5.79. The summed E-state index contributed by atoms with van der Waals surface area (Å²) in [5.41, 5.74) is 4.02. The molecule has 1 aliphatic rings. The fourth-order valence-corrected chi connectivity index (χ4v) is 3.15. The van der Waals surface area contributed by atoms with E-state index in [2.05, 4.69) is 66.0 Å². The van der Waals surface area contributed by atoms with Crippen LogP contribution in [0, 0.1) is 13.8 Å². The normalized spacial score (nSPS) is 20.1. The van der Waals surface area contributed by atoms with Gasteiger partial charge in [0.2, 0.25) is 0 Å². The van der Waals surface area contributed by atoms with Crippen LogP contribution in [0.3, 0.4) is 0 Å². The Morgan fingerprint density at radius 2 is 1.89 bits per heavy atom. The fourth-order valence-electron chi connectivity index (χ4n) is 2.92. The molecule has 1 aromatic carbocycles. The zero-order valence-electron chi connectivity index (χ0n) is 12.5. The maximum atomic E-state index is 3.67. The molecule has 2 rings (SSSR count). The van der Waals surface area contributed by atoms with Crippen molar-refractivity contribution in [3.05, 3.63) is 27.7 Å². The molecule has 1 unspecified atom stereocenters. The standard InChI is InChI=1S/C16H25BrN2/c1-11(2)18-14-6-5-7-19(10-14)15-8-12(3)16(17)13(4)9-15/h8-9,11,14,18H,5-7,10H2,1-4H3. The van der Waals surface area contributed by atoms with Crippen molar-refractivity contribution >= 4 is 21.6 Å². The second-order valence-electron chi connectivity index (χ2n) is 6.00. The second-order valence-corrected chi connectivity index (χ2v) is 6.79. The maximum Gasteiger partial charge on any atom is 0.0372 e. The van der Waals surface area contributed by atoms with Crippen molar-refractivity contribution in [1.29, 1.82) is 0 Å². The van der Waals surface area contributed by atoms with E-state index in [0.717, 1.165) is 6.54 Å². The number of nitrogens with one attached hydrogen (secondary N) is 1. The van der Waals surface area contributed by atoms with Crippen molar-refractivity contribution in [2.24, 2.45) is 0 Å². The van der Waals surface area contributed by atoms with Gasteiger partial charge in [-0.15, -0.1) is 0 Å². The average molecular weight is 325 g/mol. The first-order valence-corrected chi connectivity index (χ1v) is 8.04. The summed E-state index contributed by atoms with van der Waals surface area (Å²) < 4.78 is 1.24. The Morgan fingerprint density at radius 3 is 2.47 bits per heavy atom. The van der Waals surface area contributed by atoms with E-state index in [1.54, 1.807) is 0 Å². The van der Waals surface area contributed by atoms with Gasteiger partial charge in [-0.05, 0) is 49.9 Å². The van der Waals surface area contributed by atoms with Gasteiger partial charge < -0.3 is 10.2 Å². The first kappa shape index (κ1) is 14.9. The minimum atomic E-state index is 0.568. The molecule has 3 heteroatoms. The van der Waals surface area contributed by atoms with Gasteiger partial charge in [-0.1, -0.05) is 29.8 Å². The van der Waals surface area contributed by atoms with Crippen molar-refractivity contribution in [1.82, 2.24) is 5.32 Å². The minimum Gasteiger partial charge on any atom is -0.370 e. The van der Waals surface area contributed by atoms with Gasteiger partial charge in [-0.3, -0.25) is 0 Å². The first-order chi connectivity index (χ1) is 8.97. The first-order valence-electron chi connectivity index (χ1n) is 7.25. The summed E-state index contributed by atoms with van der Waals surface area (Å²) >= 11 is 3.65. The number of benzene rings is 1. The summed E-state index contributed by atoms with van der Waals surface area (Å²) in [4.78, 5) is 2.52. The SMILES string of the molecule is Cc1cc(N2CCCC(NC(C)C)C2)cc(C)c1Br. The highest BCUT2D eigenvalue weighted by atomic mass is 79.9. The number of rotatable bonds is 3. The van der Waals surface area contributed by atoms with Crippen LogP contribution in [0.15, 0.2) is 16.6 Å². The fraction of sp³-hybridized carbons (Fsp3) is 0.625. The third kappa shape index (κ3) is 3.73. The van der Waals surface area contributed by atoms with Crippen molar-refractivity contribution in [3.8, 4) is 0 Å². The van der Waals surface area contributed by atoms with Crippen LogP contribution in [0.5, 0.6) is 0 Å². The van der Waals surface area contributed by atoms with Gasteiger partial charge in [0.15, 0.2) is 0 Å². The minimum absolute atomic E-state index is 0.568. The molecule has 1 N–H and O–H groups in total. The Balaban J connectivity index is 2.13. The zero-order chi connectivity index (χ0) is 14.0. The highest BCUT2D eigenvalue weighted by molar-refractivity contribution is 9.10. The molecule has 2 nitrogen and oxygen atoms in total. The molecule has 1 atom stereocenters. The Morgan fingerprint density at radius 1 is 1.26 bits per heavy atom. The highest BCUT2D eigenvalue weighted by Crippen LogP contribution is 2.28. The molecule has 1 saturated heterocycles. The van der Waals surface area contributed by atoms with Crippen LogP contribution in [0.4, 0.5) is 5.69 Å². The lowest BCUT2D eigenvalue weighted by atomic mass is 10.0. The molecule has 0 bridgehead atoms. The summed E-state index contributed by atoms with van der Waals surface area (Å²) in [6.07, 6.45) is 2.57. The van der Waals surface area contributed by atoms with Crippen molar-refractivity contribution in [3.63, 3.8) is 0 Å². The van der Waals surface area contributed by atoms with Crippen LogP contribution >= 0.6 is 15.9 Å². The lowest BCUT2D eigenvalue weighted by Gasteiger charge is -2.36. The summed E-state index contributed by atoms with van der Waals surface area (Å²) in [5, 5.41) is 3.67. The topological polar surface area (TPSA) is 15.3 Å². The highest BCUT2D eigenvalue weighted by Gasteiger charge is 2.21. The van der Waals surface area contributed by atoms with E-state index in [1.165, 1.54) is 40.7 Å². The summed E-state index contributed by atoms with van der Waals surface area (Å²) in [7, 11) is 0. The monoisotopic (exact) mass is 324 g/mol. The van der Waals surface area contributed by atoms with E-state index in [9.17, 15) is 0 Å². The van der Waals surface area contributed by atoms with E-state index in [-0.39, 0.29) is 0 Å². The lowest BCUT2D eigenvalue weighted by molar-refractivity contribution is 0.394. The second kappa shape index (κ2) is 6.27. The molecular formula is C16H25BrN2. The van der Waals surface area contributed by atoms with Gasteiger partial charge in [-0.25, -0.2) is 0 Å². The lowest BCUT2D eigenvalue weighted by Crippen LogP contribution is -2.47. The van der Waals surface area contributed by atoms with E-state index in [1.807, 2.05) is 0 Å². The van der Waals surface area contributed by atoms with E-state index in [4.69, 9.17) is 0 Å². The number of nitrogens with zero attached hydrogens (tertiary/aromatic N) is 1. The van der Waals surface area contributed by atoms with Gasteiger partial charge in [0.1, 0.15) is 0 Å². The Labute approximate surface area is 125 Å². The van der Waals surface area contributed by atoms with Crippen LogP contribution < -0.4 is 10.2 Å². The quantitative estimate of drug-likeness (QED) is 0.902. The van der Waals surface area contributed by atoms with Crippen molar-refractivity contribution < 1.29 is 0 Å². The average Bonchev–Trinajstić information content (AvgIpc) is 2.35. The van der Waals surface area contributed by atoms with Crippen LogP contribution in [0.1, 0.15) is 37.8 Å². The molecule has 106 valence electrons. The molecule has 1 aromatic rings. The van der Waals surface area contributed by atoms with Crippen LogP contribution in [-0.4, -0.2) is 25.2 Å². The number of aryl methyl sites for hydroxylation is 2. The Hall–Kier alpha value is -0.540. The molecule has 0 amide bonds. The molecule has 0 aromatic heterocycles. The number of hydrogen-bond donors (Lipinski definition) is 1. The maximum absolute atomic E-state index is 3.67. The van der Waals surface area contributed by atoms with Crippen LogP contribution in [-0.2, 0) is 0 Å². The molecule has 1 aliphatic heterocycles. The van der Waals surface area contributed by atoms with Crippen LogP contribution in [0.2, 0.25) is 0 Å². The zero-order valence-corrected chi connectivity index (χ0v) is 14.0. The Kier molecular flexibility index (Phi) is 4.91. The van der Waals surface area contributed by atoms with Gasteiger partial charge >= 0.3 is 0 Å². The summed E-state index contributed by atoms with van der Waals surface area (Å²) in [5.74, 6) is 0. The summed E-state index contributed by atoms with van der Waals surface area (Å²) in [6.45, 7) is 11.1. The molecule has 1 fully saturated rings. The van der Waals surface area contributed by atoms with Crippen molar-refractivity contribution in [2.45, 2.75) is 52.6 Å². The van der Waals surface area contributed by atoms with E-state index in [0.29, 0.717) is 12.1 Å². The predicted octanol–water partition coefficient (Wildman–Crippen LogP) is 4.03. The van der Waals surface area contributed by atoms with Gasteiger partial charge in [0.05, 0.1) is 0 Å². The number of anilines is 1. The number of halogens is 1. The Bertz CT molecular complexity index is 419. The van der Waals surface area contributed by atoms with Gasteiger partial charge in [0, 0.05) is 35.3 Å². The van der Waals surface area contributed by atoms with E-state index >= 15 is 0 Å². The molecule has 19 heavy (non-hydrogen) atoms. The molecule has 1 heterocycles. The molecule has 0 spiro atoms. The van der Waals surface area contributed by atoms with Crippen molar-refractivity contribution in [2.75, 3.05) is 18.0 Å². The molecular weight excluding hydrogens is 300 g/mol. The third-order valence-electron chi connectivity index (χ3n) is 3.78. The molecule has 0 aliphatic carbocycles. The van der Waals surface area contributed by atoms with Gasteiger partial charge in [-0.2, -0.15) is 0 Å². The number of hydrogen-bond acceptors (Lipinski definition) is 2.